The minimum atomic E-state index is -3.36. The molecule has 0 bridgehead atoms. The van der Waals surface area contributed by atoms with E-state index < -0.39 is 10.0 Å². The Kier molecular flexibility index (Phi) is 3.16. The first-order valence-corrected chi connectivity index (χ1v) is 7.00. The fourth-order valence-electron chi connectivity index (χ4n) is 2.08. The molecule has 1 aliphatic rings. The Morgan fingerprint density at radius 2 is 1.69 bits per heavy atom. The number of primary sulfonamides is 1. The molecule has 0 unspecified atom stereocenters. The molecule has 1 aromatic carbocycles. The van der Waals surface area contributed by atoms with Gasteiger partial charge in [-0.3, -0.25) is 0 Å². The van der Waals surface area contributed by atoms with Crippen molar-refractivity contribution in [3.05, 3.63) is 30.3 Å². The average Bonchev–Trinajstić information content (AvgIpc) is 2.29. The van der Waals surface area contributed by atoms with Crippen molar-refractivity contribution in [1.29, 1.82) is 0 Å². The fourth-order valence-corrected chi connectivity index (χ4v) is 2.95. The summed E-state index contributed by atoms with van der Waals surface area (Å²) in [6.45, 7) is 1.51. The van der Waals surface area contributed by atoms with Gasteiger partial charge >= 0.3 is 0 Å². The highest BCUT2D eigenvalue weighted by molar-refractivity contribution is 7.89. The second-order valence-corrected chi connectivity index (χ2v) is 5.96. The topological polar surface area (TPSA) is 63.4 Å². The molecule has 0 radical (unpaired) electrons. The maximum absolute atomic E-state index is 11.2. The maximum atomic E-state index is 11.2. The number of hydrogen-bond acceptors (Lipinski definition) is 3. The zero-order valence-electron chi connectivity index (χ0n) is 9.04. The van der Waals surface area contributed by atoms with Crippen LogP contribution in [0.25, 0.3) is 0 Å². The third kappa shape index (κ3) is 2.54. The summed E-state index contributed by atoms with van der Waals surface area (Å²) in [5.74, 6) is 0. The average molecular weight is 240 g/mol. The molecule has 0 atom stereocenters. The number of nitrogens with zero attached hydrogens (tertiary/aromatic N) is 1. The van der Waals surface area contributed by atoms with Gasteiger partial charge in [0.1, 0.15) is 0 Å². The summed E-state index contributed by atoms with van der Waals surface area (Å²) >= 11 is 0. The third-order valence-electron chi connectivity index (χ3n) is 3.03. The number of anilines is 1. The van der Waals surface area contributed by atoms with E-state index in [0.29, 0.717) is 12.8 Å². The predicted molar refractivity (Wildman–Crippen MR) is 64.8 cm³/mol. The first-order chi connectivity index (χ1) is 7.57. The van der Waals surface area contributed by atoms with Crippen LogP contribution in [-0.4, -0.2) is 26.8 Å². The highest BCUT2D eigenvalue weighted by Crippen LogP contribution is 2.21. The molecule has 0 amide bonds. The standard InChI is InChI=1S/C11H16N2O2S/c12-16(14,15)11-6-8-13(9-7-11)10-4-2-1-3-5-10/h1-5,11H,6-9H2,(H2,12,14,15). The number of piperidine rings is 1. The molecule has 2 N–H and O–H groups in total. The van der Waals surface area contributed by atoms with Gasteiger partial charge in [-0.05, 0) is 25.0 Å². The van der Waals surface area contributed by atoms with Crippen LogP contribution in [0.4, 0.5) is 5.69 Å². The van der Waals surface area contributed by atoms with Crippen molar-refractivity contribution >= 4 is 15.7 Å². The molecule has 4 nitrogen and oxygen atoms in total. The number of benzene rings is 1. The fraction of sp³-hybridized carbons (Fsp3) is 0.455. The number of rotatable bonds is 2. The van der Waals surface area contributed by atoms with Gasteiger partial charge in [0.25, 0.3) is 0 Å². The van der Waals surface area contributed by atoms with Gasteiger partial charge in [-0.15, -0.1) is 0 Å². The van der Waals surface area contributed by atoms with Gasteiger partial charge < -0.3 is 4.90 Å². The summed E-state index contributed by atoms with van der Waals surface area (Å²) < 4.78 is 22.4. The van der Waals surface area contributed by atoms with Crippen LogP contribution in [0.2, 0.25) is 0 Å². The van der Waals surface area contributed by atoms with E-state index in [1.165, 1.54) is 0 Å². The number of para-hydroxylation sites is 1. The van der Waals surface area contributed by atoms with Crippen LogP contribution in [0.15, 0.2) is 30.3 Å². The van der Waals surface area contributed by atoms with Crippen molar-refractivity contribution < 1.29 is 8.42 Å². The smallest absolute Gasteiger partial charge is 0.212 e. The van der Waals surface area contributed by atoms with Crippen LogP contribution in [0.1, 0.15) is 12.8 Å². The Hall–Kier alpha value is -1.07. The summed E-state index contributed by atoms with van der Waals surface area (Å²) in [6, 6.07) is 10.0. The molecule has 88 valence electrons. The molecule has 0 aliphatic carbocycles. The lowest BCUT2D eigenvalue weighted by atomic mass is 10.1. The van der Waals surface area contributed by atoms with Gasteiger partial charge in [-0.1, -0.05) is 18.2 Å². The predicted octanol–water partition coefficient (Wildman–Crippen LogP) is 0.944. The van der Waals surface area contributed by atoms with E-state index in [4.69, 9.17) is 5.14 Å². The van der Waals surface area contributed by atoms with Gasteiger partial charge in [0.15, 0.2) is 0 Å². The van der Waals surface area contributed by atoms with E-state index >= 15 is 0 Å². The second-order valence-electron chi connectivity index (χ2n) is 4.11. The highest BCUT2D eigenvalue weighted by atomic mass is 32.2. The Labute approximate surface area is 96.1 Å². The van der Waals surface area contributed by atoms with Crippen LogP contribution in [0.5, 0.6) is 0 Å². The third-order valence-corrected chi connectivity index (χ3v) is 4.43. The second kappa shape index (κ2) is 4.43. The molecular weight excluding hydrogens is 224 g/mol. The van der Waals surface area contributed by atoms with Gasteiger partial charge in [-0.25, -0.2) is 13.6 Å². The first kappa shape index (κ1) is 11.4. The largest absolute Gasteiger partial charge is 0.371 e. The molecule has 1 heterocycles. The van der Waals surface area contributed by atoms with Gasteiger partial charge in [-0.2, -0.15) is 0 Å². The molecule has 0 spiro atoms. The molecule has 5 heteroatoms. The lowest BCUT2D eigenvalue weighted by Crippen LogP contribution is -2.41. The van der Waals surface area contributed by atoms with Gasteiger partial charge in [0.05, 0.1) is 5.25 Å². The lowest BCUT2D eigenvalue weighted by molar-refractivity contribution is 0.531. The SMILES string of the molecule is NS(=O)(=O)C1CCN(c2ccccc2)CC1. The normalized spacial score (nSPS) is 18.7. The molecule has 0 aromatic heterocycles. The Balaban J connectivity index is 2.01. The van der Waals surface area contributed by atoms with Crippen LogP contribution < -0.4 is 10.0 Å². The summed E-state index contributed by atoms with van der Waals surface area (Å²) in [4.78, 5) is 2.20. The zero-order valence-corrected chi connectivity index (χ0v) is 9.86. The van der Waals surface area contributed by atoms with Crippen LogP contribution in [-0.2, 0) is 10.0 Å². The number of nitrogens with two attached hydrogens (primary N) is 1. The molecule has 1 aliphatic heterocycles. The summed E-state index contributed by atoms with van der Waals surface area (Å²) in [5.41, 5.74) is 1.15. The summed E-state index contributed by atoms with van der Waals surface area (Å²) in [7, 11) is -3.36. The van der Waals surface area contributed by atoms with Crippen molar-refractivity contribution in [2.75, 3.05) is 18.0 Å². The minimum absolute atomic E-state index is 0.368. The van der Waals surface area contributed by atoms with Gasteiger partial charge in [0.2, 0.25) is 10.0 Å². The molecular formula is C11H16N2O2S. The van der Waals surface area contributed by atoms with E-state index in [9.17, 15) is 8.42 Å². The maximum Gasteiger partial charge on any atom is 0.212 e. The highest BCUT2D eigenvalue weighted by Gasteiger charge is 2.27. The quantitative estimate of drug-likeness (QED) is 0.837. The van der Waals surface area contributed by atoms with E-state index in [0.717, 1.165) is 18.8 Å². The van der Waals surface area contributed by atoms with E-state index in [2.05, 4.69) is 4.90 Å². The molecule has 16 heavy (non-hydrogen) atoms. The van der Waals surface area contributed by atoms with Crippen molar-refractivity contribution in [2.24, 2.45) is 5.14 Å². The number of hydrogen-bond donors (Lipinski definition) is 1. The number of sulfonamides is 1. The molecule has 0 saturated carbocycles. The molecule has 1 aromatic rings. The van der Waals surface area contributed by atoms with Gasteiger partial charge in [0, 0.05) is 18.8 Å². The summed E-state index contributed by atoms with van der Waals surface area (Å²) in [6.07, 6.45) is 1.24. The Morgan fingerprint density at radius 1 is 1.12 bits per heavy atom. The van der Waals surface area contributed by atoms with E-state index in [1.54, 1.807) is 0 Å². The molecule has 1 fully saturated rings. The Morgan fingerprint density at radius 3 is 2.19 bits per heavy atom. The molecule has 1 saturated heterocycles. The monoisotopic (exact) mass is 240 g/mol. The molecule has 2 rings (SSSR count). The van der Waals surface area contributed by atoms with Crippen LogP contribution >= 0.6 is 0 Å². The van der Waals surface area contributed by atoms with Crippen molar-refractivity contribution in [1.82, 2.24) is 0 Å². The van der Waals surface area contributed by atoms with Crippen LogP contribution in [0.3, 0.4) is 0 Å². The van der Waals surface area contributed by atoms with Crippen molar-refractivity contribution in [3.63, 3.8) is 0 Å². The van der Waals surface area contributed by atoms with Crippen LogP contribution in [0, 0.1) is 0 Å². The first-order valence-electron chi connectivity index (χ1n) is 5.39. The van der Waals surface area contributed by atoms with E-state index in [1.807, 2.05) is 30.3 Å². The van der Waals surface area contributed by atoms with Crippen molar-refractivity contribution in [2.45, 2.75) is 18.1 Å². The van der Waals surface area contributed by atoms with Crippen molar-refractivity contribution in [3.8, 4) is 0 Å². The Bertz CT molecular complexity index is 436. The summed E-state index contributed by atoms with van der Waals surface area (Å²) in [5, 5.41) is 4.78. The zero-order chi connectivity index (χ0) is 11.6. The lowest BCUT2D eigenvalue weighted by Gasteiger charge is -2.32. The minimum Gasteiger partial charge on any atom is -0.371 e. The van der Waals surface area contributed by atoms with E-state index in [-0.39, 0.29) is 5.25 Å².